The highest BCUT2D eigenvalue weighted by molar-refractivity contribution is 7.89. The van der Waals surface area contributed by atoms with Crippen LogP contribution < -0.4 is 26.0 Å². The van der Waals surface area contributed by atoms with E-state index in [4.69, 9.17) is 0 Å². The number of aliphatic hydroxyl groups is 1. The van der Waals surface area contributed by atoms with E-state index in [2.05, 4.69) is 21.3 Å². The summed E-state index contributed by atoms with van der Waals surface area (Å²) in [7, 11) is 2.70. The van der Waals surface area contributed by atoms with Gasteiger partial charge in [0.1, 0.15) is 54.4 Å². The topological polar surface area (TPSA) is 362 Å². The number of hydrogen-bond acceptors (Lipinski definition) is 16. The Labute approximate surface area is 640 Å². The van der Waals surface area contributed by atoms with E-state index in [-0.39, 0.29) is 75.3 Å². The minimum absolute atomic E-state index is 0.0149. The monoisotopic (exact) mass is 1530 g/mol. The van der Waals surface area contributed by atoms with Crippen LogP contribution in [0.1, 0.15) is 177 Å². The molecular formula is C78H125N13O16S. The van der Waals surface area contributed by atoms with Crippen molar-refractivity contribution in [2.45, 2.75) is 239 Å². The first kappa shape index (κ1) is 91.8. The Bertz CT molecular complexity index is 3460. The first-order chi connectivity index (χ1) is 50.7. The number of rotatable bonds is 24. The van der Waals surface area contributed by atoms with Gasteiger partial charge in [-0.3, -0.25) is 67.1 Å². The van der Waals surface area contributed by atoms with Crippen LogP contribution in [0.4, 0.5) is 0 Å². The van der Waals surface area contributed by atoms with E-state index in [0.717, 1.165) is 27.4 Å². The molecule has 0 radical (unpaired) electrons. The molecule has 2 aromatic carbocycles. The third-order valence-corrected chi connectivity index (χ3v) is 20.4. The van der Waals surface area contributed by atoms with Gasteiger partial charge >= 0.3 is 0 Å². The van der Waals surface area contributed by atoms with Gasteiger partial charge in [0.05, 0.1) is 31.9 Å². The second-order valence-corrected chi connectivity index (χ2v) is 32.7. The van der Waals surface area contributed by atoms with E-state index < -0.39 is 180 Å². The minimum Gasteiger partial charge on any atom is -0.391 e. The molecule has 10 atom stereocenters. The van der Waals surface area contributed by atoms with Crippen LogP contribution >= 0.6 is 0 Å². The zero-order valence-corrected chi connectivity index (χ0v) is 67.8. The van der Waals surface area contributed by atoms with Crippen molar-refractivity contribution < 1.29 is 75.9 Å². The molecule has 0 spiro atoms. The number of amides is 13. The molecule has 4 rings (SSSR count). The highest BCUT2D eigenvalue weighted by atomic mass is 32.2. The standard InChI is InChI=1S/C78H125N13O16S/c1-18-20-37-90-48-67(95)84(12)63(45-55-31-25-22-26-32-55)72(99)79-57(35-36-65(93)83-108(17,106)107)74(101)86(14)62(44-53(9)10)73(100)82-69(54(11)92)78(105)91(38-21-19-2)49-68(96)85(13)64(46-56-33-27-23-28-34-56)77(104)88(16)61(43-52(7)8)71(98)80-58(41-50(3)4)75(102)87(15)60(42-51(5)6)70(97)81-59(47-66(90)94)76(103)89-39-29-24-30-40-89/h22-23,25-28,31-34,50-54,57-64,69,92H,18-21,24,29-30,35-49H2,1-17H3,(H,79,99)(H,80,98)(H,81,97)(H,82,100)(H,83,93)/t54-,57+,58+,59+,60+,61+,62+,63+,64+,69+/m1/s1. The highest BCUT2D eigenvalue weighted by Gasteiger charge is 2.44. The molecule has 0 aromatic heterocycles. The van der Waals surface area contributed by atoms with Crippen molar-refractivity contribution in [2.75, 3.05) is 80.8 Å². The van der Waals surface area contributed by atoms with Crippen LogP contribution in [0, 0.1) is 23.7 Å². The van der Waals surface area contributed by atoms with Gasteiger partial charge in [-0.1, -0.05) is 143 Å². The van der Waals surface area contributed by atoms with Crippen LogP contribution in [0.5, 0.6) is 0 Å². The molecule has 0 unspecified atom stereocenters. The summed E-state index contributed by atoms with van der Waals surface area (Å²) in [5.41, 5.74) is 1.18. The predicted molar refractivity (Wildman–Crippen MR) is 411 cm³/mol. The average Bonchev–Trinajstić information content (AvgIpc) is 0.819. The molecule has 2 saturated heterocycles. The number of aliphatic hydroxyl groups excluding tert-OH is 1. The van der Waals surface area contributed by atoms with Crippen molar-refractivity contribution >= 4 is 86.8 Å². The zero-order valence-electron chi connectivity index (χ0n) is 67.0. The molecule has 29 nitrogen and oxygen atoms in total. The van der Waals surface area contributed by atoms with Gasteiger partial charge in [0, 0.05) is 80.7 Å². The number of sulfonamides is 1. The SMILES string of the molecule is CCCCN1CC(=O)N(C)[C@@H](Cc2ccccc2)C(=O)N[C@@H](CCC(=O)NS(C)(=O)=O)C(=O)N(C)[C@@H](CC(C)C)C(=O)N[C@@H]([C@@H](C)O)C(=O)N(CCCC)CC(=O)N(C)[C@@H](Cc2ccccc2)C(=O)N(C)[C@@H](CC(C)C)C(=O)N[C@@H](CC(C)C)C(=O)N(C)[C@@H](CC(C)C)C(=O)N[C@H](C(=O)N2CCCCC2)CC1=O. The Hall–Kier alpha value is -8.54. The van der Waals surface area contributed by atoms with Crippen molar-refractivity contribution in [3.8, 4) is 0 Å². The second-order valence-electron chi connectivity index (χ2n) is 31.0. The number of likely N-dealkylation sites (tertiary alicyclic amines) is 1. The van der Waals surface area contributed by atoms with Crippen LogP contribution in [0.3, 0.4) is 0 Å². The maximum absolute atomic E-state index is 15.5. The lowest BCUT2D eigenvalue weighted by atomic mass is 9.96. The largest absolute Gasteiger partial charge is 0.391 e. The fourth-order valence-electron chi connectivity index (χ4n) is 13.4. The summed E-state index contributed by atoms with van der Waals surface area (Å²) in [4.78, 5) is 205. The number of nitrogens with zero attached hydrogens (tertiary/aromatic N) is 8. The van der Waals surface area contributed by atoms with Crippen LogP contribution in [-0.4, -0.2) is 271 Å². The molecule has 13 amide bonds. The molecule has 604 valence electrons. The van der Waals surface area contributed by atoms with Crippen LogP contribution in [0.2, 0.25) is 0 Å². The summed E-state index contributed by atoms with van der Waals surface area (Å²) < 4.78 is 26.5. The van der Waals surface area contributed by atoms with Crippen LogP contribution in [-0.2, 0) is 85.2 Å². The van der Waals surface area contributed by atoms with E-state index in [1.807, 2.05) is 60.1 Å². The normalized spacial score (nSPS) is 23.5. The number of unbranched alkanes of at least 4 members (excludes halogenated alkanes) is 2. The van der Waals surface area contributed by atoms with Crippen molar-refractivity contribution in [3.63, 3.8) is 0 Å². The van der Waals surface area contributed by atoms with Gasteiger partial charge in [-0.25, -0.2) is 8.42 Å². The number of likely N-dealkylation sites (N-methyl/N-ethyl adjacent to an activating group) is 5. The molecule has 0 bridgehead atoms. The number of carbonyl (C=O) groups is 13. The Balaban J connectivity index is 2.06. The number of carbonyl (C=O) groups excluding carboxylic acids is 13. The van der Waals surface area contributed by atoms with Gasteiger partial charge < -0.3 is 65.6 Å². The number of benzene rings is 2. The Morgan fingerprint density at radius 1 is 0.491 bits per heavy atom. The summed E-state index contributed by atoms with van der Waals surface area (Å²) >= 11 is 0. The summed E-state index contributed by atoms with van der Waals surface area (Å²) in [6.07, 6.45) is 1.00. The second kappa shape index (κ2) is 44.2. The van der Waals surface area contributed by atoms with E-state index in [1.165, 1.54) is 61.8 Å². The molecule has 6 N–H and O–H groups in total. The van der Waals surface area contributed by atoms with E-state index in [9.17, 15) is 23.1 Å². The summed E-state index contributed by atoms with van der Waals surface area (Å²) in [5, 5.41) is 22.7. The fraction of sp³-hybridized carbons (Fsp3) is 0.679. The lowest BCUT2D eigenvalue weighted by Crippen LogP contribution is -2.62. The molecular weight excluding hydrogens is 1410 g/mol. The predicted octanol–water partition coefficient (Wildman–Crippen LogP) is 3.64. The molecule has 2 aliphatic rings. The van der Waals surface area contributed by atoms with Crippen molar-refractivity contribution in [2.24, 2.45) is 23.7 Å². The maximum atomic E-state index is 15.5. The number of piperidine rings is 1. The van der Waals surface area contributed by atoms with E-state index in [1.54, 1.807) is 79.4 Å². The van der Waals surface area contributed by atoms with Gasteiger partial charge in [-0.15, -0.1) is 0 Å². The quantitative estimate of drug-likeness (QED) is 0.0874. The van der Waals surface area contributed by atoms with Crippen LogP contribution in [0.25, 0.3) is 0 Å². The first-order valence-corrected chi connectivity index (χ1v) is 40.3. The maximum Gasteiger partial charge on any atom is 0.248 e. The van der Waals surface area contributed by atoms with E-state index >= 15 is 52.7 Å². The number of hydrogen-bond donors (Lipinski definition) is 6. The molecule has 108 heavy (non-hydrogen) atoms. The minimum atomic E-state index is -4.14. The van der Waals surface area contributed by atoms with Crippen molar-refractivity contribution in [1.82, 2.24) is 65.2 Å². The molecule has 0 aliphatic carbocycles. The van der Waals surface area contributed by atoms with Crippen molar-refractivity contribution in [3.05, 3.63) is 71.8 Å². The summed E-state index contributed by atoms with van der Waals surface area (Å²) in [6.45, 7) is 18.8. The third-order valence-electron chi connectivity index (χ3n) is 19.8. The number of nitrogens with one attached hydrogen (secondary N) is 5. The van der Waals surface area contributed by atoms with Gasteiger partial charge in [0.25, 0.3) is 0 Å². The molecule has 30 heteroatoms. The van der Waals surface area contributed by atoms with Gasteiger partial charge in [0.15, 0.2) is 0 Å². The highest BCUT2D eigenvalue weighted by Crippen LogP contribution is 2.24. The smallest absolute Gasteiger partial charge is 0.248 e. The summed E-state index contributed by atoms with van der Waals surface area (Å²) in [5.74, 6) is -11.5. The molecule has 2 aliphatic heterocycles. The lowest BCUT2D eigenvalue weighted by molar-refractivity contribution is -0.151. The Morgan fingerprint density at radius 2 is 0.898 bits per heavy atom. The van der Waals surface area contributed by atoms with Gasteiger partial charge in [-0.05, 0) is 106 Å². The zero-order chi connectivity index (χ0) is 81.0. The van der Waals surface area contributed by atoms with Crippen LogP contribution in [0.15, 0.2) is 60.7 Å². The third kappa shape index (κ3) is 28.8. The summed E-state index contributed by atoms with van der Waals surface area (Å²) in [6, 6.07) is 4.24. The first-order valence-electron chi connectivity index (χ1n) is 38.4. The fourth-order valence-corrected chi connectivity index (χ4v) is 14.0. The molecule has 2 aromatic rings. The Morgan fingerprint density at radius 3 is 1.36 bits per heavy atom. The molecule has 2 heterocycles. The molecule has 2 fully saturated rings. The molecule has 0 saturated carbocycles. The average molecular weight is 1530 g/mol. The van der Waals surface area contributed by atoms with Gasteiger partial charge in [0.2, 0.25) is 86.8 Å². The Kier molecular flexibility index (Phi) is 37.6. The lowest BCUT2D eigenvalue weighted by Gasteiger charge is -2.38. The van der Waals surface area contributed by atoms with E-state index in [0.29, 0.717) is 62.7 Å². The van der Waals surface area contributed by atoms with Crippen molar-refractivity contribution in [1.29, 1.82) is 0 Å². The van der Waals surface area contributed by atoms with Gasteiger partial charge in [-0.2, -0.15) is 0 Å².